The number of ether oxygens (including phenoxy) is 2. The molecule has 3 rings (SSSR count). The quantitative estimate of drug-likeness (QED) is 0.594. The first kappa shape index (κ1) is 22.2. The highest BCUT2D eigenvalue weighted by molar-refractivity contribution is 5.93. The Balaban J connectivity index is 1.91. The van der Waals surface area contributed by atoms with Crippen LogP contribution in [0.25, 0.3) is 11.3 Å². The zero-order valence-electron chi connectivity index (χ0n) is 17.9. The van der Waals surface area contributed by atoms with Crippen molar-refractivity contribution in [2.45, 2.75) is 26.5 Å². The first-order valence-electron chi connectivity index (χ1n) is 9.76. The molecule has 0 bridgehead atoms. The Morgan fingerprint density at radius 3 is 2.35 bits per heavy atom. The smallest absolute Gasteiger partial charge is 0.270 e. The number of nitrogens with zero attached hydrogens (tertiary/aromatic N) is 1. The highest BCUT2D eigenvalue weighted by Crippen LogP contribution is 2.27. The second-order valence-electron chi connectivity index (χ2n) is 7.20. The van der Waals surface area contributed by atoms with Crippen LogP contribution in [0.2, 0.25) is 0 Å². The summed E-state index contributed by atoms with van der Waals surface area (Å²) in [5.41, 5.74) is 3.37. The van der Waals surface area contributed by atoms with Crippen LogP contribution in [0.5, 0.6) is 11.5 Å². The maximum Gasteiger partial charge on any atom is 0.270 e. The maximum atomic E-state index is 13.5. The molecule has 0 spiro atoms. The van der Waals surface area contributed by atoms with E-state index in [-0.39, 0.29) is 24.2 Å². The summed E-state index contributed by atoms with van der Waals surface area (Å²) in [5.74, 6) is 0.487. The van der Waals surface area contributed by atoms with Crippen LogP contribution < -0.4 is 14.8 Å². The van der Waals surface area contributed by atoms with Crippen molar-refractivity contribution >= 4 is 5.91 Å². The summed E-state index contributed by atoms with van der Waals surface area (Å²) in [6, 6.07) is 12.6. The number of methoxy groups -OCH3 is 2. The summed E-state index contributed by atoms with van der Waals surface area (Å²) in [6.07, 6.45) is 0. The third-order valence-electron chi connectivity index (χ3n) is 4.99. The third-order valence-corrected chi connectivity index (χ3v) is 4.99. The van der Waals surface area contributed by atoms with Gasteiger partial charge in [0.1, 0.15) is 23.0 Å². The van der Waals surface area contributed by atoms with E-state index >= 15 is 0 Å². The number of halogens is 1. The molecule has 0 aliphatic rings. The van der Waals surface area contributed by atoms with Gasteiger partial charge in [0, 0.05) is 11.6 Å². The molecule has 1 atom stereocenters. The summed E-state index contributed by atoms with van der Waals surface area (Å²) in [4.78, 5) is 17.4. The summed E-state index contributed by atoms with van der Waals surface area (Å²) < 4.78 is 24.1. The first-order chi connectivity index (χ1) is 14.8. The fourth-order valence-electron chi connectivity index (χ4n) is 3.28. The summed E-state index contributed by atoms with van der Waals surface area (Å²) >= 11 is 0. The lowest BCUT2D eigenvalue weighted by molar-refractivity contribution is 0.0934. The molecule has 0 radical (unpaired) electrons. The van der Waals surface area contributed by atoms with E-state index in [1.165, 1.54) is 18.2 Å². The normalized spacial score (nSPS) is 11.7. The van der Waals surface area contributed by atoms with Gasteiger partial charge in [0.2, 0.25) is 0 Å². The number of carbonyl (C=O) groups is 1. The molecule has 0 fully saturated rings. The van der Waals surface area contributed by atoms with Gasteiger partial charge in [-0.3, -0.25) is 4.79 Å². The minimum atomic E-state index is -0.398. The number of hydrogen-bond donors (Lipinski definition) is 2. The van der Waals surface area contributed by atoms with Crippen molar-refractivity contribution in [3.05, 3.63) is 76.7 Å². The van der Waals surface area contributed by atoms with Crippen LogP contribution in [0.3, 0.4) is 0 Å². The average molecular weight is 424 g/mol. The molecule has 6 nitrogen and oxygen atoms in total. The Labute approximate surface area is 180 Å². The van der Waals surface area contributed by atoms with Crippen LogP contribution in [-0.2, 0) is 6.61 Å². The molecule has 7 heteroatoms. The third kappa shape index (κ3) is 5.19. The van der Waals surface area contributed by atoms with Gasteiger partial charge in [-0.15, -0.1) is 0 Å². The van der Waals surface area contributed by atoms with Crippen molar-refractivity contribution in [2.75, 3.05) is 14.2 Å². The van der Waals surface area contributed by atoms with Gasteiger partial charge in [-0.25, -0.2) is 9.37 Å². The van der Waals surface area contributed by atoms with E-state index in [0.29, 0.717) is 33.9 Å². The lowest BCUT2D eigenvalue weighted by Crippen LogP contribution is -2.27. The second kappa shape index (κ2) is 9.57. The molecule has 0 aliphatic carbocycles. The van der Waals surface area contributed by atoms with Crippen LogP contribution in [0.1, 0.15) is 40.1 Å². The zero-order chi connectivity index (χ0) is 22.5. The number of nitrogens with one attached hydrogen (secondary N) is 1. The molecule has 162 valence electrons. The van der Waals surface area contributed by atoms with Crippen molar-refractivity contribution in [3.8, 4) is 22.8 Å². The van der Waals surface area contributed by atoms with Crippen LogP contribution in [0, 0.1) is 12.7 Å². The SMILES string of the molecule is COc1cc(OC)cc(C(C)NC(=O)c2cc(CO)cc(-c3ccc(F)cc3C)n2)c1. The molecule has 2 aromatic carbocycles. The van der Waals surface area contributed by atoms with E-state index in [0.717, 1.165) is 5.56 Å². The lowest BCUT2D eigenvalue weighted by Gasteiger charge is -2.17. The van der Waals surface area contributed by atoms with Crippen LogP contribution >= 0.6 is 0 Å². The highest BCUT2D eigenvalue weighted by Gasteiger charge is 2.17. The van der Waals surface area contributed by atoms with Gasteiger partial charge in [-0.05, 0) is 73.0 Å². The highest BCUT2D eigenvalue weighted by atomic mass is 19.1. The topological polar surface area (TPSA) is 80.7 Å². The van der Waals surface area contributed by atoms with Gasteiger partial charge >= 0.3 is 0 Å². The number of aliphatic hydroxyl groups is 1. The van der Waals surface area contributed by atoms with Crippen molar-refractivity contribution in [3.63, 3.8) is 0 Å². The molecule has 0 saturated carbocycles. The van der Waals surface area contributed by atoms with E-state index in [4.69, 9.17) is 9.47 Å². The average Bonchev–Trinajstić information content (AvgIpc) is 2.78. The molecule has 0 aliphatic heterocycles. The van der Waals surface area contributed by atoms with Gasteiger partial charge in [0.05, 0.1) is 32.6 Å². The number of amides is 1. The maximum absolute atomic E-state index is 13.5. The van der Waals surface area contributed by atoms with Gasteiger partial charge < -0.3 is 19.9 Å². The number of aryl methyl sites for hydroxylation is 1. The standard InChI is InChI=1S/C24H25FN2O4/c1-14-7-18(25)5-6-21(14)22-8-16(13-28)9-23(27-22)24(29)26-15(2)17-10-19(30-3)12-20(11-17)31-4/h5-12,15,28H,13H2,1-4H3,(H,26,29). The van der Waals surface area contributed by atoms with Crippen molar-refractivity contribution in [2.24, 2.45) is 0 Å². The number of pyridine rings is 1. The summed E-state index contributed by atoms with van der Waals surface area (Å²) in [6.45, 7) is 3.36. The monoisotopic (exact) mass is 424 g/mol. The largest absolute Gasteiger partial charge is 0.497 e. The number of hydrogen-bond acceptors (Lipinski definition) is 5. The second-order valence-corrected chi connectivity index (χ2v) is 7.20. The predicted octanol–water partition coefficient (Wildman–Crippen LogP) is 4.20. The van der Waals surface area contributed by atoms with Gasteiger partial charge in [-0.2, -0.15) is 0 Å². The number of aliphatic hydroxyl groups excluding tert-OH is 1. The van der Waals surface area contributed by atoms with Gasteiger partial charge in [0.15, 0.2) is 0 Å². The van der Waals surface area contributed by atoms with Crippen LogP contribution in [0.15, 0.2) is 48.5 Å². The molecule has 1 heterocycles. The summed E-state index contributed by atoms with van der Waals surface area (Å²) in [5, 5.41) is 12.6. The molecule has 1 amide bonds. The predicted molar refractivity (Wildman–Crippen MR) is 116 cm³/mol. The fraction of sp³-hybridized carbons (Fsp3) is 0.250. The number of rotatable bonds is 7. The Morgan fingerprint density at radius 2 is 1.77 bits per heavy atom. The Hall–Kier alpha value is -3.45. The van der Waals surface area contributed by atoms with Gasteiger partial charge in [0.25, 0.3) is 5.91 Å². The van der Waals surface area contributed by atoms with E-state index in [9.17, 15) is 14.3 Å². The van der Waals surface area contributed by atoms with E-state index in [1.807, 2.05) is 19.1 Å². The van der Waals surface area contributed by atoms with Crippen molar-refractivity contribution in [1.29, 1.82) is 0 Å². The Kier molecular flexibility index (Phi) is 6.87. The molecule has 0 saturated heterocycles. The zero-order valence-corrected chi connectivity index (χ0v) is 17.9. The molecular formula is C24H25FN2O4. The Morgan fingerprint density at radius 1 is 1.10 bits per heavy atom. The fourth-order valence-corrected chi connectivity index (χ4v) is 3.28. The van der Waals surface area contributed by atoms with Crippen LogP contribution in [0.4, 0.5) is 4.39 Å². The Bertz CT molecular complexity index is 1080. The minimum Gasteiger partial charge on any atom is -0.497 e. The first-order valence-corrected chi connectivity index (χ1v) is 9.76. The molecule has 1 aromatic heterocycles. The molecule has 2 N–H and O–H groups in total. The number of carbonyl (C=O) groups excluding carboxylic acids is 1. The van der Waals surface area contributed by atoms with Crippen molar-refractivity contribution in [1.82, 2.24) is 10.3 Å². The van der Waals surface area contributed by atoms with E-state index in [2.05, 4.69) is 10.3 Å². The molecule has 1 unspecified atom stereocenters. The van der Waals surface area contributed by atoms with E-state index < -0.39 is 5.91 Å². The molecule has 3 aromatic rings. The number of aromatic nitrogens is 1. The van der Waals surface area contributed by atoms with Crippen LogP contribution in [-0.4, -0.2) is 30.2 Å². The van der Waals surface area contributed by atoms with E-state index in [1.54, 1.807) is 39.3 Å². The number of benzene rings is 2. The van der Waals surface area contributed by atoms with Crippen molar-refractivity contribution < 1.29 is 23.8 Å². The minimum absolute atomic E-state index is 0.159. The molecular weight excluding hydrogens is 399 g/mol. The summed E-state index contributed by atoms with van der Waals surface area (Å²) in [7, 11) is 3.12. The lowest BCUT2D eigenvalue weighted by atomic mass is 10.0. The van der Waals surface area contributed by atoms with Gasteiger partial charge in [-0.1, -0.05) is 0 Å². The molecule has 31 heavy (non-hydrogen) atoms.